The number of aliphatic hydroxyl groups excluding tert-OH is 1. The summed E-state index contributed by atoms with van der Waals surface area (Å²) in [6, 6.07) is -0.537. The van der Waals surface area contributed by atoms with Gasteiger partial charge >= 0.3 is 0 Å². The first-order chi connectivity index (χ1) is 7.80. The maximum Gasteiger partial charge on any atom is 0.233 e. The van der Waals surface area contributed by atoms with E-state index >= 15 is 0 Å². The first-order valence-corrected chi connectivity index (χ1v) is 7.51. The molecule has 1 heterocycles. The maximum atomic E-state index is 11.4. The van der Waals surface area contributed by atoms with Crippen LogP contribution in [-0.4, -0.2) is 56.2 Å². The van der Waals surface area contributed by atoms with Gasteiger partial charge in [-0.2, -0.15) is 0 Å². The van der Waals surface area contributed by atoms with Gasteiger partial charge in [0.1, 0.15) is 0 Å². The summed E-state index contributed by atoms with van der Waals surface area (Å²) in [6.07, 6.45) is -0.919. The fourth-order valence-electron chi connectivity index (χ4n) is 1.63. The molecular weight excluding hydrogens is 244 g/mol. The first kappa shape index (κ1) is 14.4. The Labute approximate surface area is 102 Å². The van der Waals surface area contributed by atoms with E-state index in [-0.39, 0.29) is 24.0 Å². The van der Waals surface area contributed by atoms with E-state index in [1.807, 2.05) is 13.8 Å². The Kier molecular flexibility index (Phi) is 4.91. The van der Waals surface area contributed by atoms with Gasteiger partial charge in [-0.1, -0.05) is 13.8 Å². The van der Waals surface area contributed by atoms with Crippen molar-refractivity contribution >= 4 is 15.7 Å². The Balaban J connectivity index is 2.29. The minimum Gasteiger partial charge on any atom is -0.390 e. The molecule has 0 aromatic carbocycles. The molecule has 0 aromatic rings. The number of amides is 1. The van der Waals surface area contributed by atoms with Gasteiger partial charge in [-0.05, 0) is 5.92 Å². The summed E-state index contributed by atoms with van der Waals surface area (Å²) in [5.41, 5.74) is 0. The molecule has 1 aliphatic heterocycles. The van der Waals surface area contributed by atoms with Crippen molar-refractivity contribution in [1.29, 1.82) is 0 Å². The quantitative estimate of drug-likeness (QED) is 0.562. The monoisotopic (exact) mass is 264 g/mol. The summed E-state index contributed by atoms with van der Waals surface area (Å²) in [7, 11) is -3.16. The highest BCUT2D eigenvalue weighted by molar-refractivity contribution is 7.91. The maximum absolute atomic E-state index is 11.4. The molecule has 2 unspecified atom stereocenters. The van der Waals surface area contributed by atoms with Crippen LogP contribution < -0.4 is 10.6 Å². The van der Waals surface area contributed by atoms with Crippen LogP contribution in [0.1, 0.15) is 13.8 Å². The smallest absolute Gasteiger partial charge is 0.233 e. The molecule has 0 spiro atoms. The van der Waals surface area contributed by atoms with E-state index < -0.39 is 22.0 Å². The number of carbonyl (C=O) groups excluding carboxylic acids is 1. The third kappa shape index (κ3) is 5.01. The summed E-state index contributed by atoms with van der Waals surface area (Å²) in [5.74, 6) is -0.143. The van der Waals surface area contributed by atoms with Gasteiger partial charge < -0.3 is 15.7 Å². The van der Waals surface area contributed by atoms with Gasteiger partial charge in [0.05, 0.1) is 24.2 Å². The number of nitrogens with one attached hydrogen (secondary N) is 2. The fraction of sp³-hybridized carbons (Fsp3) is 0.900. The molecule has 0 aromatic heterocycles. The lowest BCUT2D eigenvalue weighted by Gasteiger charge is -2.15. The average molecular weight is 264 g/mol. The van der Waals surface area contributed by atoms with E-state index in [9.17, 15) is 18.3 Å². The van der Waals surface area contributed by atoms with E-state index in [1.165, 1.54) is 0 Å². The van der Waals surface area contributed by atoms with Crippen molar-refractivity contribution < 1.29 is 18.3 Å². The number of rotatable bonds is 5. The minimum absolute atomic E-state index is 0.0317. The van der Waals surface area contributed by atoms with Crippen LogP contribution in [0.2, 0.25) is 0 Å². The lowest BCUT2D eigenvalue weighted by atomic mass is 10.2. The third-order valence-corrected chi connectivity index (χ3v) is 4.27. The number of carbonyl (C=O) groups is 1. The largest absolute Gasteiger partial charge is 0.390 e. The van der Waals surface area contributed by atoms with Gasteiger partial charge in [-0.15, -0.1) is 0 Å². The number of hydrogen-bond acceptors (Lipinski definition) is 5. The highest BCUT2D eigenvalue weighted by Gasteiger charge is 2.36. The molecule has 0 saturated carbocycles. The van der Waals surface area contributed by atoms with Crippen LogP contribution in [0.25, 0.3) is 0 Å². The first-order valence-electron chi connectivity index (χ1n) is 5.69. The van der Waals surface area contributed by atoms with Gasteiger partial charge in [0.25, 0.3) is 0 Å². The second kappa shape index (κ2) is 5.79. The molecule has 7 heteroatoms. The number of sulfone groups is 1. The molecule has 2 atom stereocenters. The van der Waals surface area contributed by atoms with Crippen LogP contribution in [-0.2, 0) is 14.6 Å². The molecule has 1 amide bonds. The van der Waals surface area contributed by atoms with E-state index in [1.54, 1.807) is 0 Å². The second-order valence-corrected chi connectivity index (χ2v) is 6.98. The van der Waals surface area contributed by atoms with Gasteiger partial charge in [0, 0.05) is 12.6 Å². The highest BCUT2D eigenvalue weighted by Crippen LogP contribution is 2.11. The topological polar surface area (TPSA) is 95.5 Å². The zero-order valence-corrected chi connectivity index (χ0v) is 11.0. The van der Waals surface area contributed by atoms with Gasteiger partial charge in [0.2, 0.25) is 5.91 Å². The molecule has 1 aliphatic rings. The van der Waals surface area contributed by atoms with E-state index in [2.05, 4.69) is 10.6 Å². The van der Waals surface area contributed by atoms with Crippen LogP contribution in [0, 0.1) is 5.92 Å². The van der Waals surface area contributed by atoms with E-state index in [0.717, 1.165) is 0 Å². The molecule has 6 nitrogen and oxygen atoms in total. The molecule has 3 N–H and O–H groups in total. The second-order valence-electron chi connectivity index (χ2n) is 4.83. The number of aliphatic hydroxyl groups is 1. The van der Waals surface area contributed by atoms with Crippen molar-refractivity contribution in [2.75, 3.05) is 24.6 Å². The Morgan fingerprint density at radius 3 is 2.53 bits per heavy atom. The summed E-state index contributed by atoms with van der Waals surface area (Å²) in [5, 5.41) is 15.0. The molecule has 100 valence electrons. The fourth-order valence-corrected chi connectivity index (χ4v) is 3.40. The Morgan fingerprint density at radius 1 is 1.41 bits per heavy atom. The number of hydrogen-bond donors (Lipinski definition) is 3. The summed E-state index contributed by atoms with van der Waals surface area (Å²) < 4.78 is 22.4. The van der Waals surface area contributed by atoms with Gasteiger partial charge in [-0.3, -0.25) is 4.79 Å². The molecule has 1 saturated heterocycles. The molecule has 0 radical (unpaired) electrons. The van der Waals surface area contributed by atoms with Crippen molar-refractivity contribution in [2.24, 2.45) is 5.92 Å². The van der Waals surface area contributed by atoms with Crippen molar-refractivity contribution in [1.82, 2.24) is 10.6 Å². The van der Waals surface area contributed by atoms with Crippen LogP contribution >= 0.6 is 0 Å². The van der Waals surface area contributed by atoms with Crippen molar-refractivity contribution in [3.63, 3.8) is 0 Å². The van der Waals surface area contributed by atoms with Gasteiger partial charge in [0.15, 0.2) is 9.84 Å². The zero-order valence-electron chi connectivity index (χ0n) is 10.1. The standard InChI is InChI=1S/C10H20N2O4S/c1-7(2)3-12-10(14)4-11-8-5-17(15,16)6-9(8)13/h7-9,11,13H,3-6H2,1-2H3,(H,12,14). The molecule has 17 heavy (non-hydrogen) atoms. The zero-order chi connectivity index (χ0) is 13.1. The Hall–Kier alpha value is -0.660. The summed E-state index contributed by atoms with van der Waals surface area (Å²) >= 11 is 0. The molecule has 0 aliphatic carbocycles. The van der Waals surface area contributed by atoms with E-state index in [4.69, 9.17) is 0 Å². The van der Waals surface area contributed by atoms with Crippen molar-refractivity contribution in [3.8, 4) is 0 Å². The lowest BCUT2D eigenvalue weighted by molar-refractivity contribution is -0.120. The van der Waals surface area contributed by atoms with Crippen molar-refractivity contribution in [2.45, 2.75) is 26.0 Å². The minimum atomic E-state index is -3.16. The average Bonchev–Trinajstić information content (AvgIpc) is 2.45. The lowest BCUT2D eigenvalue weighted by Crippen LogP contribution is -2.45. The Bertz CT molecular complexity index is 367. The van der Waals surface area contributed by atoms with Crippen molar-refractivity contribution in [3.05, 3.63) is 0 Å². The van der Waals surface area contributed by atoms with Gasteiger partial charge in [-0.25, -0.2) is 8.42 Å². The Morgan fingerprint density at radius 2 is 2.06 bits per heavy atom. The molecular formula is C10H20N2O4S. The highest BCUT2D eigenvalue weighted by atomic mass is 32.2. The van der Waals surface area contributed by atoms with E-state index in [0.29, 0.717) is 12.5 Å². The van der Waals surface area contributed by atoms with Crippen LogP contribution in [0.5, 0.6) is 0 Å². The SMILES string of the molecule is CC(C)CNC(=O)CNC1CS(=O)(=O)CC1O. The van der Waals surface area contributed by atoms with Crippen LogP contribution in [0.3, 0.4) is 0 Å². The summed E-state index contributed by atoms with van der Waals surface area (Å²) in [4.78, 5) is 11.4. The molecule has 1 rings (SSSR count). The normalized spacial score (nSPS) is 27.3. The molecule has 1 fully saturated rings. The predicted octanol–water partition coefficient (Wildman–Crippen LogP) is -1.49. The third-order valence-electron chi connectivity index (χ3n) is 2.55. The van der Waals surface area contributed by atoms with Crippen LogP contribution in [0.4, 0.5) is 0 Å². The summed E-state index contributed by atoms with van der Waals surface area (Å²) in [6.45, 7) is 4.60. The predicted molar refractivity (Wildman–Crippen MR) is 64.3 cm³/mol. The molecule has 0 bridgehead atoms. The van der Waals surface area contributed by atoms with Crippen LogP contribution in [0.15, 0.2) is 0 Å².